The molecule has 10 aliphatic heterocycles. The summed E-state index contributed by atoms with van der Waals surface area (Å²) < 4.78 is 28.8. The van der Waals surface area contributed by atoms with Crippen LogP contribution in [0.1, 0.15) is 173 Å². The second-order valence-corrected chi connectivity index (χ2v) is 29.1. The fraction of sp³-hybridized carbons (Fsp3) is 0.700. The maximum atomic E-state index is 11.0. The van der Waals surface area contributed by atoms with Gasteiger partial charge in [0.05, 0.1) is 59.4 Å². The number of hydrogen-bond acceptors (Lipinski definition) is 36. The number of allylic oxidation sites excluding steroid dienone is 8. The molecule has 0 aliphatic carbocycles. The molecule has 0 radical (unpaired) electrons. The molecule has 6 saturated heterocycles. The molecule has 19 N–H and O–H groups in total. The number of carbonyl (C=O) groups excluding carboxylic acids is 3. The molecule has 18 unspecified atom stereocenters. The zero-order valence-electron chi connectivity index (χ0n) is 66.7. The van der Waals surface area contributed by atoms with Crippen molar-refractivity contribution >= 4 is 65.9 Å². The molecule has 3 amide bonds. The predicted molar refractivity (Wildman–Crippen MR) is 402 cm³/mol. The van der Waals surface area contributed by atoms with Gasteiger partial charge < -0.3 is 36.0 Å². The van der Waals surface area contributed by atoms with Crippen molar-refractivity contribution in [3.63, 3.8) is 0 Å². The average molecular weight is 1590 g/mol. The highest BCUT2D eigenvalue weighted by atomic mass is 32.2. The van der Waals surface area contributed by atoms with Crippen LogP contribution in [0.3, 0.4) is 0 Å². The number of hydrogen-bond donors (Lipinski definition) is 19. The van der Waals surface area contributed by atoms with E-state index in [2.05, 4.69) is 145 Å². The summed E-state index contributed by atoms with van der Waals surface area (Å²) in [5.41, 5.74) is 32.4. The number of likely N-dealkylation sites (N-methyl/N-ethyl adjacent to an activating group) is 1. The second kappa shape index (κ2) is 49.1. The predicted octanol–water partition coefficient (Wildman–Crippen LogP) is -2.06. The topological polar surface area (TPSA) is 512 Å². The number of ether oxygens (including phenoxy) is 1. The smallest absolute Gasteiger partial charge is 0.331 e. The number of amides is 3. The van der Waals surface area contributed by atoms with Crippen LogP contribution in [0, 0.1) is 90.5 Å². The van der Waals surface area contributed by atoms with E-state index in [-0.39, 0.29) is 60.9 Å². The molecular formula is C60H121N27O15S4. The Bertz CT molecular complexity index is 3050. The number of hydrazine groups is 5. The Morgan fingerprint density at radius 1 is 0.519 bits per heavy atom. The number of aromatic amines is 1. The fourth-order valence-electron chi connectivity index (χ4n) is 7.47. The van der Waals surface area contributed by atoms with Gasteiger partial charge in [0.2, 0.25) is 35.0 Å². The molecule has 3 aromatic heterocycles. The number of methoxy groups -OCH3 is 1. The number of quaternary nitrogens is 6. The van der Waals surface area contributed by atoms with Gasteiger partial charge >= 0.3 is 12.1 Å². The summed E-state index contributed by atoms with van der Waals surface area (Å²) in [6.07, 6.45) is 0. The number of hydroxylamine groups is 12. The fourth-order valence-corrected chi connectivity index (χ4v) is 10.5. The van der Waals surface area contributed by atoms with Crippen LogP contribution in [0.2, 0.25) is 0 Å². The number of carbonyl (C=O) groups is 3. The van der Waals surface area contributed by atoms with Gasteiger partial charge in [0, 0.05) is 150 Å². The number of aryl methyl sites for hydroxylation is 5. The summed E-state index contributed by atoms with van der Waals surface area (Å²) >= 11 is 5.34. The number of nitrogens with one attached hydrogen (secondary N) is 18. The van der Waals surface area contributed by atoms with Gasteiger partial charge in [0.25, 0.3) is 0 Å². The molecule has 13 rings (SSSR count). The lowest BCUT2D eigenvalue weighted by Crippen LogP contribution is -3.17. The highest BCUT2D eigenvalue weighted by Crippen LogP contribution is 2.20. The van der Waals surface area contributed by atoms with E-state index in [1.165, 1.54) is 11.7 Å². The van der Waals surface area contributed by atoms with Crippen LogP contribution in [-0.4, -0.2) is 154 Å². The Balaban J connectivity index is 0.000000575. The first kappa shape index (κ1) is 98.7. The summed E-state index contributed by atoms with van der Waals surface area (Å²) in [6, 6.07) is 4.04. The Morgan fingerprint density at radius 2 is 0.981 bits per heavy atom. The van der Waals surface area contributed by atoms with Crippen molar-refractivity contribution in [3.05, 3.63) is 111 Å². The first-order valence-corrected chi connectivity index (χ1v) is 37.1. The first-order chi connectivity index (χ1) is 49.2. The molecule has 610 valence electrons. The van der Waals surface area contributed by atoms with E-state index in [1.807, 2.05) is 109 Å². The van der Waals surface area contributed by atoms with Gasteiger partial charge in [-0.25, -0.2) is 69.7 Å². The molecule has 0 saturated carbocycles. The summed E-state index contributed by atoms with van der Waals surface area (Å²) in [5, 5.41) is 88.4. The largest absolute Gasteiger partial charge is 0.612 e. The molecule has 0 spiro atoms. The van der Waals surface area contributed by atoms with Crippen LogP contribution in [0.5, 0.6) is 5.88 Å². The Kier molecular flexibility index (Phi) is 45.7. The molecular weight excluding hydrogens is 1470 g/mol. The van der Waals surface area contributed by atoms with Crippen LogP contribution in [0.25, 0.3) is 0 Å². The van der Waals surface area contributed by atoms with Crippen LogP contribution in [-0.2, 0) is 29.2 Å². The van der Waals surface area contributed by atoms with Crippen LogP contribution < -0.4 is 92.3 Å². The van der Waals surface area contributed by atoms with Gasteiger partial charge in [-0.1, -0.05) is 46.2 Å². The third-order valence-electron chi connectivity index (χ3n) is 18.0. The van der Waals surface area contributed by atoms with E-state index in [1.54, 1.807) is 98.8 Å². The van der Waals surface area contributed by atoms with Crippen LogP contribution in [0.4, 0.5) is 0 Å². The molecule has 6 fully saturated rings. The lowest BCUT2D eigenvalue weighted by Gasteiger charge is -2.13. The molecule has 42 nitrogen and oxygen atoms in total. The summed E-state index contributed by atoms with van der Waals surface area (Å²) in [6.45, 7) is 49.6. The van der Waals surface area contributed by atoms with Gasteiger partial charge in [-0.05, 0) is 125 Å². The zero-order valence-corrected chi connectivity index (χ0v) is 70.0. The van der Waals surface area contributed by atoms with E-state index >= 15 is 0 Å². The maximum absolute atomic E-state index is 11.0. The van der Waals surface area contributed by atoms with Crippen molar-refractivity contribution in [2.45, 2.75) is 234 Å². The van der Waals surface area contributed by atoms with Gasteiger partial charge in [-0.3, -0.25) is 40.6 Å². The lowest BCUT2D eigenvalue weighted by molar-refractivity contribution is -1.26. The zero-order chi connectivity index (χ0) is 81.5. The van der Waals surface area contributed by atoms with Gasteiger partial charge in [0.1, 0.15) is 11.4 Å². The second-order valence-electron chi connectivity index (χ2n) is 26.0. The monoisotopic (exact) mass is 1590 g/mol. The summed E-state index contributed by atoms with van der Waals surface area (Å²) in [5.74, 6) is 1.48. The van der Waals surface area contributed by atoms with Gasteiger partial charge in [0.15, 0.2) is 22.8 Å². The minimum atomic E-state index is -0.516. The Morgan fingerprint density at radius 3 is 1.10 bits per heavy atom. The van der Waals surface area contributed by atoms with Crippen molar-refractivity contribution in [2.75, 3.05) is 28.3 Å². The molecule has 10 aliphatic rings. The quantitative estimate of drug-likeness (QED) is 0.0920. The molecule has 13 heterocycles. The van der Waals surface area contributed by atoms with Crippen LogP contribution >= 0.6 is 48.1 Å². The van der Waals surface area contributed by atoms with Crippen molar-refractivity contribution in [1.29, 1.82) is 0 Å². The van der Waals surface area contributed by atoms with Crippen molar-refractivity contribution in [2.24, 2.45) is 17.8 Å². The molecule has 106 heavy (non-hydrogen) atoms. The average Bonchev–Trinajstić information content (AvgIpc) is 1.69. The highest BCUT2D eigenvalue weighted by molar-refractivity contribution is 7.95. The molecule has 18 atom stereocenters. The van der Waals surface area contributed by atoms with E-state index in [0.29, 0.717) is 88.4 Å². The first-order valence-electron chi connectivity index (χ1n) is 33.9. The molecule has 0 bridgehead atoms. The Hall–Kier alpha value is -5.31. The minimum Gasteiger partial charge on any atom is -0.612 e. The number of rotatable bonds is 1. The van der Waals surface area contributed by atoms with Crippen molar-refractivity contribution in [1.82, 2.24) is 107 Å². The van der Waals surface area contributed by atoms with Crippen molar-refractivity contribution in [3.8, 4) is 5.88 Å². The van der Waals surface area contributed by atoms with Gasteiger partial charge in [-0.2, -0.15) is 19.2 Å². The van der Waals surface area contributed by atoms with E-state index < -0.39 is 10.5 Å². The number of aromatic nitrogens is 6. The summed E-state index contributed by atoms with van der Waals surface area (Å²) in [7, 11) is 7.35. The lowest BCUT2D eigenvalue weighted by atomic mass is 10.1. The van der Waals surface area contributed by atoms with E-state index in [4.69, 9.17) is 9.94 Å². The number of H-pyrrole nitrogens is 1. The van der Waals surface area contributed by atoms with E-state index in [9.17, 15) is 45.6 Å². The minimum absolute atomic E-state index is 0.0949. The third kappa shape index (κ3) is 33.5. The SMILES string of the molecule is CC1=C(C)[NH+]([O-])ON1.CC1=C(C)[NH+]([O-])ON1.CC1=C(C)[NH+]([O-])O[NH+]1[O-].CC1=C(C)[NH+]([O-])S[NH+]1[O-].CC1C(=O)NN(C)C1C.CC1NN(C)C(=O)C1C.CC1NN(O)NC1C.CC1NNC(=O)C1C.CC1NSN(C)C1C.CC1NSNC1C.COc1n[nH]c(C)c1C.Cc1nonc1C.Cc1nsnc1C. The standard InChI is InChI=1S/C6H12N2O.C6H10N2O.C6H12N2O.C5H10N2O.C5H12N2S.C4H11N3O.C4H8N2O3.C4H8N2O2S.2C4H8N2O2.C4H6N2O.C4H10N2S.C4H6N2S/c1-4-5(2)8(3)7-6(4)9;1-4-5(2)7-8-6(4)9-3;1-4-5(2)7-8(3)6(4)9;1-3-4(2)6-7-5(3)8;1-4-5(2)7(3)8-6-4;1-3-4(2)6-7(8)5-3;2*1-3-4(2)6(8)9-5(3)7;2*1-3-4(2)6(7)8-5-3;3*1-3-4(2)6-7-5-3/h4-5H,1-3H3,(H,7,9);1-3H3,(H,7,8);4-5,7H,1-3H3;3-4,6H,1-2H3,(H,7,8);4-6H,1-3H3;3-6,8H,1-2H3;2*5-6H,1-2H3;2*5-6H,1-2H3;1-2H3;3-6H,1-2H3;1-2H3. The van der Waals surface area contributed by atoms with Crippen molar-refractivity contribution < 1.29 is 73.6 Å². The summed E-state index contributed by atoms with van der Waals surface area (Å²) in [4.78, 5) is 45.5. The Labute approximate surface area is 640 Å². The highest BCUT2D eigenvalue weighted by Gasteiger charge is 2.33. The van der Waals surface area contributed by atoms with E-state index in [0.717, 1.165) is 62.8 Å². The van der Waals surface area contributed by atoms with Crippen LogP contribution in [0.15, 0.2) is 50.2 Å². The molecule has 3 aromatic rings. The maximum Gasteiger partial charge on any atom is 0.331 e. The van der Waals surface area contributed by atoms with Gasteiger partial charge in [-0.15, -0.1) is 15.6 Å². The molecule has 46 heteroatoms. The normalized spacial score (nSPS) is 30.5. The molecule has 0 aromatic carbocycles. The third-order valence-corrected chi connectivity index (χ3v) is 21.8. The number of nitrogens with zero attached hydrogens (tertiary/aromatic N) is 9.